The minimum absolute atomic E-state index is 0.374. The van der Waals surface area contributed by atoms with Gasteiger partial charge in [-0.25, -0.2) is 4.79 Å². The number of ether oxygens (including phenoxy) is 1. The Hall–Kier alpha value is -1.59. The molecule has 1 atom stereocenters. The zero-order valence-electron chi connectivity index (χ0n) is 12.1. The summed E-state index contributed by atoms with van der Waals surface area (Å²) in [7, 11) is 0. The molecule has 112 valence electrons. The van der Waals surface area contributed by atoms with E-state index in [0.717, 1.165) is 28.2 Å². The Morgan fingerprint density at radius 2 is 2.29 bits per heavy atom. The van der Waals surface area contributed by atoms with Crippen LogP contribution in [0.3, 0.4) is 0 Å². The van der Waals surface area contributed by atoms with Crippen molar-refractivity contribution in [2.24, 2.45) is 0 Å². The second-order valence-corrected chi connectivity index (χ2v) is 5.94. The molecule has 0 saturated heterocycles. The number of carbonyl (C=O) groups excluding carboxylic acids is 1. The minimum Gasteiger partial charge on any atom is -0.441 e. The molecule has 0 aliphatic rings. The van der Waals surface area contributed by atoms with Crippen molar-refractivity contribution in [3.05, 3.63) is 45.4 Å². The van der Waals surface area contributed by atoms with Gasteiger partial charge < -0.3 is 4.74 Å². The molecule has 21 heavy (non-hydrogen) atoms. The van der Waals surface area contributed by atoms with Crippen molar-refractivity contribution in [3.8, 4) is 0 Å². The summed E-state index contributed by atoms with van der Waals surface area (Å²) >= 11 is 7.34. The van der Waals surface area contributed by atoms with Crippen molar-refractivity contribution < 1.29 is 9.53 Å². The van der Waals surface area contributed by atoms with Gasteiger partial charge in [0.15, 0.2) is 0 Å². The van der Waals surface area contributed by atoms with Crippen LogP contribution in [0.15, 0.2) is 24.3 Å². The molecule has 0 saturated carbocycles. The number of rotatable bonds is 4. The maximum absolute atomic E-state index is 12.0. The maximum Gasteiger partial charge on any atom is 0.412 e. The van der Waals surface area contributed by atoms with Crippen LogP contribution in [0.4, 0.5) is 10.5 Å². The number of hydrogen-bond acceptors (Lipinski definition) is 4. The Kier molecular flexibility index (Phi) is 5.20. The van der Waals surface area contributed by atoms with E-state index in [4.69, 9.17) is 16.3 Å². The largest absolute Gasteiger partial charge is 0.441 e. The van der Waals surface area contributed by atoms with Gasteiger partial charge in [-0.3, -0.25) is 5.32 Å². The summed E-state index contributed by atoms with van der Waals surface area (Å²) in [6, 6.07) is 7.27. The van der Waals surface area contributed by atoms with E-state index in [1.165, 1.54) is 11.5 Å². The van der Waals surface area contributed by atoms with Gasteiger partial charge in [0.2, 0.25) is 0 Å². The standard InChI is InChI=1S/C15H17ClN2O2S/c1-4-13-14(9(2)18-21-13)17-15(19)20-10(3)11-6-5-7-12(16)8-11/h5-8,10H,4H2,1-3H3,(H,17,19)/t10-/m1/s1. The normalized spacial score (nSPS) is 12.0. The summed E-state index contributed by atoms with van der Waals surface area (Å²) < 4.78 is 9.63. The third-order valence-electron chi connectivity index (χ3n) is 3.08. The fraction of sp³-hybridized carbons (Fsp3) is 0.333. The van der Waals surface area contributed by atoms with Gasteiger partial charge in [0, 0.05) is 9.90 Å². The van der Waals surface area contributed by atoms with E-state index in [1.54, 1.807) is 12.1 Å². The molecule has 0 radical (unpaired) electrons. The van der Waals surface area contributed by atoms with Crippen LogP contribution >= 0.6 is 23.1 Å². The summed E-state index contributed by atoms with van der Waals surface area (Å²) in [5.41, 5.74) is 2.42. The van der Waals surface area contributed by atoms with Crippen LogP contribution in [0, 0.1) is 6.92 Å². The van der Waals surface area contributed by atoms with Gasteiger partial charge in [-0.2, -0.15) is 4.37 Å². The Bertz CT molecular complexity index is 642. The van der Waals surface area contributed by atoms with E-state index in [-0.39, 0.29) is 6.10 Å². The smallest absolute Gasteiger partial charge is 0.412 e. The molecular weight excluding hydrogens is 308 g/mol. The first kappa shape index (κ1) is 15.8. The van der Waals surface area contributed by atoms with E-state index in [2.05, 4.69) is 9.69 Å². The Balaban J connectivity index is 2.03. The second-order valence-electron chi connectivity index (χ2n) is 4.65. The van der Waals surface area contributed by atoms with Crippen molar-refractivity contribution in [1.29, 1.82) is 0 Å². The number of nitrogens with zero attached hydrogens (tertiary/aromatic N) is 1. The van der Waals surface area contributed by atoms with Crippen LogP contribution < -0.4 is 5.32 Å². The van der Waals surface area contributed by atoms with E-state index >= 15 is 0 Å². The van der Waals surface area contributed by atoms with Crippen molar-refractivity contribution in [1.82, 2.24) is 4.37 Å². The van der Waals surface area contributed by atoms with Gasteiger partial charge in [0.1, 0.15) is 6.10 Å². The zero-order valence-corrected chi connectivity index (χ0v) is 13.7. The predicted octanol–water partition coefficient (Wildman–Crippen LogP) is 4.98. The molecule has 0 aliphatic carbocycles. The topological polar surface area (TPSA) is 51.2 Å². The number of nitrogens with one attached hydrogen (secondary N) is 1. The van der Waals surface area contributed by atoms with Gasteiger partial charge in [0.05, 0.1) is 11.4 Å². The monoisotopic (exact) mass is 324 g/mol. The van der Waals surface area contributed by atoms with Crippen LogP contribution in [0.25, 0.3) is 0 Å². The molecule has 0 bridgehead atoms. The van der Waals surface area contributed by atoms with Crippen molar-refractivity contribution in [2.75, 3.05) is 5.32 Å². The number of benzene rings is 1. The molecule has 1 aromatic heterocycles. The first-order valence-electron chi connectivity index (χ1n) is 6.69. The maximum atomic E-state index is 12.0. The van der Waals surface area contributed by atoms with E-state index < -0.39 is 6.09 Å². The Morgan fingerprint density at radius 1 is 1.52 bits per heavy atom. The average Bonchev–Trinajstić information content (AvgIpc) is 2.79. The number of aromatic nitrogens is 1. The second kappa shape index (κ2) is 6.91. The molecule has 1 amide bonds. The third-order valence-corrected chi connectivity index (χ3v) is 4.40. The minimum atomic E-state index is -0.486. The number of halogens is 1. The number of aryl methyl sites for hydroxylation is 2. The van der Waals surface area contributed by atoms with Crippen molar-refractivity contribution >= 4 is 34.9 Å². The molecule has 0 fully saturated rings. The molecule has 6 heteroatoms. The summed E-state index contributed by atoms with van der Waals surface area (Å²) in [6.45, 7) is 5.70. The van der Waals surface area contributed by atoms with Crippen molar-refractivity contribution in [3.63, 3.8) is 0 Å². The summed E-state index contributed by atoms with van der Waals surface area (Å²) in [4.78, 5) is 13.1. The Labute approximate surface area is 133 Å². The van der Waals surface area contributed by atoms with Gasteiger partial charge >= 0.3 is 6.09 Å². The number of hydrogen-bond donors (Lipinski definition) is 1. The van der Waals surface area contributed by atoms with Crippen LogP contribution in [0.2, 0.25) is 5.02 Å². The molecule has 1 N–H and O–H groups in total. The number of carbonyl (C=O) groups is 1. The van der Waals surface area contributed by atoms with Crippen LogP contribution in [-0.2, 0) is 11.2 Å². The highest BCUT2D eigenvalue weighted by atomic mass is 35.5. The van der Waals surface area contributed by atoms with Crippen LogP contribution in [0.1, 0.15) is 36.1 Å². The molecule has 1 heterocycles. The molecule has 2 rings (SSSR count). The fourth-order valence-corrected chi connectivity index (χ4v) is 2.89. The quantitative estimate of drug-likeness (QED) is 0.863. The average molecular weight is 325 g/mol. The van der Waals surface area contributed by atoms with E-state index in [9.17, 15) is 4.79 Å². The first-order valence-corrected chi connectivity index (χ1v) is 7.84. The molecule has 0 unspecified atom stereocenters. The predicted molar refractivity (Wildman–Crippen MR) is 86.2 cm³/mol. The molecule has 1 aromatic carbocycles. The summed E-state index contributed by atoms with van der Waals surface area (Å²) in [5, 5.41) is 3.40. The van der Waals surface area contributed by atoms with Crippen LogP contribution in [0.5, 0.6) is 0 Å². The lowest BCUT2D eigenvalue weighted by Crippen LogP contribution is -2.17. The number of amides is 1. The fourth-order valence-electron chi connectivity index (χ4n) is 1.94. The highest BCUT2D eigenvalue weighted by molar-refractivity contribution is 7.06. The molecular formula is C15H17ClN2O2S. The molecule has 4 nitrogen and oxygen atoms in total. The highest BCUT2D eigenvalue weighted by Gasteiger charge is 2.16. The lowest BCUT2D eigenvalue weighted by Gasteiger charge is -2.14. The SMILES string of the molecule is CCc1snc(C)c1NC(=O)O[C@H](C)c1cccc(Cl)c1. The summed E-state index contributed by atoms with van der Waals surface area (Å²) in [5.74, 6) is 0. The lowest BCUT2D eigenvalue weighted by atomic mass is 10.1. The highest BCUT2D eigenvalue weighted by Crippen LogP contribution is 2.26. The van der Waals surface area contributed by atoms with Gasteiger partial charge in [-0.15, -0.1) is 0 Å². The lowest BCUT2D eigenvalue weighted by molar-refractivity contribution is 0.121. The molecule has 0 aliphatic heterocycles. The molecule has 0 spiro atoms. The van der Waals surface area contributed by atoms with Gasteiger partial charge in [0.25, 0.3) is 0 Å². The van der Waals surface area contributed by atoms with E-state index in [0.29, 0.717) is 5.02 Å². The van der Waals surface area contributed by atoms with Gasteiger partial charge in [-0.05, 0) is 49.5 Å². The van der Waals surface area contributed by atoms with Crippen LogP contribution in [-0.4, -0.2) is 10.5 Å². The Morgan fingerprint density at radius 3 is 2.95 bits per heavy atom. The van der Waals surface area contributed by atoms with Gasteiger partial charge in [-0.1, -0.05) is 30.7 Å². The molecule has 2 aromatic rings. The summed E-state index contributed by atoms with van der Waals surface area (Å²) in [6.07, 6.45) is -0.0357. The third kappa shape index (κ3) is 3.95. The van der Waals surface area contributed by atoms with E-state index in [1.807, 2.05) is 32.9 Å². The number of anilines is 1. The first-order chi connectivity index (χ1) is 10.0. The van der Waals surface area contributed by atoms with Crippen molar-refractivity contribution in [2.45, 2.75) is 33.3 Å². The zero-order chi connectivity index (χ0) is 15.4.